The van der Waals surface area contributed by atoms with Gasteiger partial charge in [0.25, 0.3) is 0 Å². The van der Waals surface area contributed by atoms with Crippen LogP contribution in [0.4, 0.5) is 5.69 Å². The van der Waals surface area contributed by atoms with Gasteiger partial charge < -0.3 is 4.90 Å². The standard InChI is InChI=1S/C19H18N2/c1-21(2)18-12-13-19-16(14-18)9-11-17(20-19)10-8-15-6-4-3-5-7-15/h3-14H,1-2H3. The van der Waals surface area contributed by atoms with Crippen molar-refractivity contribution < 1.29 is 0 Å². The maximum atomic E-state index is 4.69. The summed E-state index contributed by atoms with van der Waals surface area (Å²) in [7, 11) is 4.09. The van der Waals surface area contributed by atoms with Gasteiger partial charge in [-0.25, -0.2) is 4.98 Å². The maximum Gasteiger partial charge on any atom is 0.0710 e. The Kier molecular flexibility index (Phi) is 3.69. The van der Waals surface area contributed by atoms with Gasteiger partial charge in [-0.05, 0) is 35.9 Å². The van der Waals surface area contributed by atoms with E-state index in [0.29, 0.717) is 0 Å². The third-order valence-electron chi connectivity index (χ3n) is 3.46. The van der Waals surface area contributed by atoms with Crippen LogP contribution in [-0.2, 0) is 0 Å². The molecule has 2 aromatic carbocycles. The number of aromatic nitrogens is 1. The van der Waals surface area contributed by atoms with Crippen molar-refractivity contribution in [2.45, 2.75) is 0 Å². The van der Waals surface area contributed by atoms with E-state index < -0.39 is 0 Å². The zero-order valence-electron chi connectivity index (χ0n) is 12.3. The Morgan fingerprint density at radius 1 is 0.857 bits per heavy atom. The summed E-state index contributed by atoms with van der Waals surface area (Å²) in [6, 6.07) is 20.8. The average molecular weight is 274 g/mol. The first kappa shape index (κ1) is 13.4. The van der Waals surface area contributed by atoms with Crippen LogP contribution in [0.3, 0.4) is 0 Å². The quantitative estimate of drug-likeness (QED) is 0.700. The minimum Gasteiger partial charge on any atom is -0.378 e. The number of pyridine rings is 1. The molecule has 0 saturated carbocycles. The van der Waals surface area contributed by atoms with Crippen LogP contribution < -0.4 is 4.90 Å². The fourth-order valence-corrected chi connectivity index (χ4v) is 2.25. The van der Waals surface area contributed by atoms with Gasteiger partial charge in [-0.1, -0.05) is 42.5 Å². The first-order chi connectivity index (χ1) is 10.2. The lowest BCUT2D eigenvalue weighted by atomic mass is 10.1. The molecule has 0 N–H and O–H groups in total. The molecule has 0 saturated heterocycles. The number of benzene rings is 2. The Hall–Kier alpha value is -2.61. The minimum absolute atomic E-state index is 0.976. The highest BCUT2D eigenvalue weighted by atomic mass is 15.1. The van der Waals surface area contributed by atoms with E-state index in [-0.39, 0.29) is 0 Å². The van der Waals surface area contributed by atoms with Gasteiger partial charge in [0, 0.05) is 25.2 Å². The molecule has 2 heteroatoms. The normalized spacial score (nSPS) is 11.1. The summed E-state index contributed by atoms with van der Waals surface area (Å²) >= 11 is 0. The number of anilines is 1. The zero-order chi connectivity index (χ0) is 14.7. The van der Waals surface area contributed by atoms with Gasteiger partial charge in [-0.2, -0.15) is 0 Å². The summed E-state index contributed by atoms with van der Waals surface area (Å²) in [6.07, 6.45) is 4.14. The molecule has 0 unspecified atom stereocenters. The number of nitrogens with zero attached hydrogens (tertiary/aromatic N) is 2. The van der Waals surface area contributed by atoms with Gasteiger partial charge in [0.2, 0.25) is 0 Å². The molecule has 21 heavy (non-hydrogen) atoms. The lowest BCUT2D eigenvalue weighted by Crippen LogP contribution is -2.08. The van der Waals surface area contributed by atoms with Gasteiger partial charge in [0.1, 0.15) is 0 Å². The second-order valence-corrected chi connectivity index (χ2v) is 5.25. The van der Waals surface area contributed by atoms with Gasteiger partial charge in [0.15, 0.2) is 0 Å². The highest BCUT2D eigenvalue weighted by molar-refractivity contribution is 5.84. The third kappa shape index (κ3) is 3.11. The Bertz CT molecular complexity index is 774. The summed E-state index contributed by atoms with van der Waals surface area (Å²) in [5.74, 6) is 0. The zero-order valence-corrected chi connectivity index (χ0v) is 12.3. The number of rotatable bonds is 3. The summed E-state index contributed by atoms with van der Waals surface area (Å²) in [5, 5.41) is 1.16. The minimum atomic E-state index is 0.976. The van der Waals surface area contributed by atoms with Crippen LogP contribution in [0.25, 0.3) is 23.1 Å². The van der Waals surface area contributed by atoms with E-state index in [2.05, 4.69) is 64.5 Å². The van der Waals surface area contributed by atoms with Gasteiger partial charge >= 0.3 is 0 Å². The molecule has 1 heterocycles. The molecular weight excluding hydrogens is 256 g/mol. The molecule has 2 nitrogen and oxygen atoms in total. The molecule has 0 amide bonds. The predicted molar refractivity (Wildman–Crippen MR) is 91.4 cm³/mol. The second-order valence-electron chi connectivity index (χ2n) is 5.25. The predicted octanol–water partition coefficient (Wildman–Crippen LogP) is 4.47. The average Bonchev–Trinajstić information content (AvgIpc) is 2.53. The summed E-state index contributed by atoms with van der Waals surface area (Å²) in [4.78, 5) is 6.79. The lowest BCUT2D eigenvalue weighted by molar-refractivity contribution is 1.13. The largest absolute Gasteiger partial charge is 0.378 e. The Balaban J connectivity index is 1.91. The molecule has 0 radical (unpaired) electrons. The fraction of sp³-hybridized carbons (Fsp3) is 0.105. The highest BCUT2D eigenvalue weighted by Crippen LogP contribution is 2.20. The first-order valence-corrected chi connectivity index (χ1v) is 7.04. The van der Waals surface area contributed by atoms with Crippen molar-refractivity contribution in [1.82, 2.24) is 4.98 Å². The first-order valence-electron chi connectivity index (χ1n) is 7.04. The Morgan fingerprint density at radius 2 is 1.67 bits per heavy atom. The van der Waals surface area contributed by atoms with Crippen molar-refractivity contribution in [3.8, 4) is 0 Å². The van der Waals surface area contributed by atoms with E-state index in [1.54, 1.807) is 0 Å². The fourth-order valence-electron chi connectivity index (χ4n) is 2.25. The van der Waals surface area contributed by atoms with Crippen molar-refractivity contribution in [1.29, 1.82) is 0 Å². The van der Waals surface area contributed by atoms with Crippen molar-refractivity contribution in [2.24, 2.45) is 0 Å². The topological polar surface area (TPSA) is 16.1 Å². The van der Waals surface area contributed by atoms with Gasteiger partial charge in [-0.3, -0.25) is 0 Å². The molecule has 0 bridgehead atoms. The van der Waals surface area contributed by atoms with E-state index >= 15 is 0 Å². The molecule has 1 aromatic heterocycles. The van der Waals surface area contributed by atoms with Crippen molar-refractivity contribution in [3.63, 3.8) is 0 Å². The Labute approximate surface area is 125 Å². The number of hydrogen-bond donors (Lipinski definition) is 0. The monoisotopic (exact) mass is 274 g/mol. The molecule has 0 aliphatic heterocycles. The number of fused-ring (bicyclic) bond motifs is 1. The Morgan fingerprint density at radius 3 is 2.43 bits per heavy atom. The van der Waals surface area contributed by atoms with Crippen molar-refractivity contribution in [2.75, 3.05) is 19.0 Å². The molecule has 3 rings (SSSR count). The molecule has 3 aromatic rings. The third-order valence-corrected chi connectivity index (χ3v) is 3.46. The van der Waals surface area contributed by atoms with Gasteiger partial charge in [-0.15, -0.1) is 0 Å². The molecule has 0 atom stereocenters. The van der Waals surface area contributed by atoms with Crippen LogP contribution in [-0.4, -0.2) is 19.1 Å². The molecule has 0 spiro atoms. The maximum absolute atomic E-state index is 4.69. The van der Waals surface area contributed by atoms with E-state index in [9.17, 15) is 0 Å². The molecule has 0 aliphatic carbocycles. The van der Waals surface area contributed by atoms with Crippen LogP contribution in [0.15, 0.2) is 60.7 Å². The van der Waals surface area contributed by atoms with E-state index in [1.165, 1.54) is 11.3 Å². The SMILES string of the molecule is CN(C)c1ccc2nc(C=Cc3ccccc3)ccc2c1. The van der Waals surface area contributed by atoms with Crippen LogP contribution in [0.5, 0.6) is 0 Å². The summed E-state index contributed by atoms with van der Waals surface area (Å²) < 4.78 is 0. The summed E-state index contributed by atoms with van der Waals surface area (Å²) in [6.45, 7) is 0. The van der Waals surface area contributed by atoms with Crippen LogP contribution in [0, 0.1) is 0 Å². The molecule has 104 valence electrons. The molecular formula is C19H18N2. The second kappa shape index (κ2) is 5.80. The molecule has 0 aliphatic rings. The van der Waals surface area contributed by atoms with Crippen LogP contribution in [0.1, 0.15) is 11.3 Å². The summed E-state index contributed by atoms with van der Waals surface area (Å²) in [5.41, 5.74) is 4.37. The van der Waals surface area contributed by atoms with Crippen molar-refractivity contribution in [3.05, 3.63) is 71.9 Å². The number of hydrogen-bond acceptors (Lipinski definition) is 2. The van der Waals surface area contributed by atoms with Crippen LogP contribution >= 0.6 is 0 Å². The lowest BCUT2D eigenvalue weighted by Gasteiger charge is -2.12. The van der Waals surface area contributed by atoms with Crippen molar-refractivity contribution >= 4 is 28.7 Å². The molecule has 0 fully saturated rings. The smallest absolute Gasteiger partial charge is 0.0710 e. The van der Waals surface area contributed by atoms with E-state index in [1.807, 2.05) is 32.3 Å². The van der Waals surface area contributed by atoms with Crippen LogP contribution in [0.2, 0.25) is 0 Å². The van der Waals surface area contributed by atoms with Gasteiger partial charge in [0.05, 0.1) is 11.2 Å². The van der Waals surface area contributed by atoms with E-state index in [4.69, 9.17) is 0 Å². The highest BCUT2D eigenvalue weighted by Gasteiger charge is 2.00. The van der Waals surface area contributed by atoms with E-state index in [0.717, 1.165) is 16.6 Å².